The molecular formula is C19H24N2O3. The average Bonchev–Trinajstić information content (AvgIpc) is 3.01. The molecule has 0 saturated carbocycles. The number of benzene rings is 1. The fraction of sp³-hybridized carbons (Fsp3) is 0.474. The molecule has 0 bridgehead atoms. The third kappa shape index (κ3) is 3.61. The first-order valence-electron chi connectivity index (χ1n) is 8.47. The molecule has 24 heavy (non-hydrogen) atoms. The lowest BCUT2D eigenvalue weighted by atomic mass is 10.1. The highest BCUT2D eigenvalue weighted by Gasteiger charge is 2.26. The van der Waals surface area contributed by atoms with Gasteiger partial charge in [-0.15, -0.1) is 0 Å². The molecule has 1 aliphatic rings. The van der Waals surface area contributed by atoms with Crippen LogP contribution in [0.5, 0.6) is 5.75 Å². The molecule has 0 aliphatic carbocycles. The summed E-state index contributed by atoms with van der Waals surface area (Å²) in [5.41, 5.74) is 1.57. The molecule has 1 aromatic carbocycles. The maximum Gasteiger partial charge on any atom is 0.254 e. The second-order valence-corrected chi connectivity index (χ2v) is 6.62. The molecule has 0 spiro atoms. The summed E-state index contributed by atoms with van der Waals surface area (Å²) in [5.74, 6) is 3.14. The van der Waals surface area contributed by atoms with E-state index >= 15 is 0 Å². The minimum Gasteiger partial charge on any atom is -0.497 e. The van der Waals surface area contributed by atoms with Gasteiger partial charge in [0.15, 0.2) is 5.89 Å². The average molecular weight is 328 g/mol. The van der Waals surface area contributed by atoms with Gasteiger partial charge >= 0.3 is 0 Å². The number of hydrogen-bond donors (Lipinski definition) is 0. The first-order valence-corrected chi connectivity index (χ1v) is 8.47. The molecule has 1 amide bonds. The van der Waals surface area contributed by atoms with Crippen molar-refractivity contribution in [2.45, 2.75) is 39.7 Å². The summed E-state index contributed by atoms with van der Waals surface area (Å²) >= 11 is 0. The lowest BCUT2D eigenvalue weighted by Gasteiger charge is -2.25. The van der Waals surface area contributed by atoms with Crippen molar-refractivity contribution in [3.05, 3.63) is 47.2 Å². The second-order valence-electron chi connectivity index (χ2n) is 6.62. The molecule has 0 saturated heterocycles. The van der Waals surface area contributed by atoms with E-state index in [1.807, 2.05) is 17.0 Å². The number of oxazole rings is 1. The normalized spacial score (nSPS) is 13.9. The van der Waals surface area contributed by atoms with Crippen molar-refractivity contribution in [2.24, 2.45) is 5.92 Å². The number of ether oxygens (including phenoxy) is 1. The fourth-order valence-electron chi connectivity index (χ4n) is 2.86. The highest BCUT2D eigenvalue weighted by atomic mass is 16.5. The number of fused-ring (bicyclic) bond motifs is 1. The van der Waals surface area contributed by atoms with Crippen LogP contribution in [0.1, 0.15) is 48.0 Å². The Labute approximate surface area is 142 Å². The molecule has 5 heteroatoms. The van der Waals surface area contributed by atoms with Crippen LogP contribution in [0.15, 0.2) is 28.7 Å². The SMILES string of the molecule is COc1ccc(C(=O)N2CCc3oc(CCC(C)C)nc3C2)cc1. The van der Waals surface area contributed by atoms with Gasteiger partial charge in [-0.1, -0.05) is 13.8 Å². The van der Waals surface area contributed by atoms with Crippen molar-refractivity contribution in [1.82, 2.24) is 9.88 Å². The number of hydrogen-bond acceptors (Lipinski definition) is 4. The van der Waals surface area contributed by atoms with Gasteiger partial charge in [0.25, 0.3) is 5.91 Å². The molecule has 0 radical (unpaired) electrons. The van der Waals surface area contributed by atoms with Crippen molar-refractivity contribution in [3.63, 3.8) is 0 Å². The van der Waals surface area contributed by atoms with Crippen LogP contribution < -0.4 is 4.74 Å². The van der Waals surface area contributed by atoms with E-state index in [4.69, 9.17) is 9.15 Å². The molecule has 1 aromatic heterocycles. The van der Waals surface area contributed by atoms with Crippen molar-refractivity contribution in [2.75, 3.05) is 13.7 Å². The van der Waals surface area contributed by atoms with E-state index in [0.29, 0.717) is 24.6 Å². The maximum absolute atomic E-state index is 12.7. The van der Waals surface area contributed by atoms with Gasteiger partial charge in [0.1, 0.15) is 17.2 Å². The topological polar surface area (TPSA) is 55.6 Å². The van der Waals surface area contributed by atoms with Crippen LogP contribution >= 0.6 is 0 Å². The van der Waals surface area contributed by atoms with Crippen molar-refractivity contribution in [3.8, 4) is 5.75 Å². The largest absolute Gasteiger partial charge is 0.497 e. The van der Waals surface area contributed by atoms with Crippen LogP contribution in [0.2, 0.25) is 0 Å². The van der Waals surface area contributed by atoms with E-state index in [2.05, 4.69) is 18.8 Å². The molecule has 2 aromatic rings. The lowest BCUT2D eigenvalue weighted by Crippen LogP contribution is -2.35. The van der Waals surface area contributed by atoms with E-state index < -0.39 is 0 Å². The first kappa shape index (κ1) is 16.6. The smallest absolute Gasteiger partial charge is 0.254 e. The van der Waals surface area contributed by atoms with Crippen LogP contribution in [0.3, 0.4) is 0 Å². The third-order valence-corrected chi connectivity index (χ3v) is 4.33. The monoisotopic (exact) mass is 328 g/mol. The molecular weight excluding hydrogens is 304 g/mol. The number of rotatable bonds is 5. The van der Waals surface area contributed by atoms with Crippen LogP contribution in [0, 0.1) is 5.92 Å². The minimum absolute atomic E-state index is 0.0232. The summed E-state index contributed by atoms with van der Waals surface area (Å²) in [4.78, 5) is 19.1. The van der Waals surface area contributed by atoms with Gasteiger partial charge in [-0.05, 0) is 36.6 Å². The molecule has 5 nitrogen and oxygen atoms in total. The molecule has 2 heterocycles. The van der Waals surface area contributed by atoms with Gasteiger partial charge in [-0.2, -0.15) is 0 Å². The maximum atomic E-state index is 12.7. The van der Waals surface area contributed by atoms with Crippen molar-refractivity contribution < 1.29 is 13.9 Å². The predicted octanol–water partition coefficient (Wildman–Crippen LogP) is 3.47. The Bertz CT molecular complexity index is 704. The second kappa shape index (κ2) is 7.07. The van der Waals surface area contributed by atoms with E-state index in [0.717, 1.165) is 42.4 Å². The van der Waals surface area contributed by atoms with Gasteiger partial charge in [0.2, 0.25) is 0 Å². The zero-order valence-electron chi connectivity index (χ0n) is 14.5. The minimum atomic E-state index is 0.0232. The number of amides is 1. The van der Waals surface area contributed by atoms with Crippen LogP contribution in [0.25, 0.3) is 0 Å². The Hall–Kier alpha value is -2.30. The standard InChI is InChI=1S/C19H24N2O3/c1-13(2)4-9-18-20-16-12-21(11-10-17(16)24-18)19(22)14-5-7-15(23-3)8-6-14/h5-8,13H,4,9-12H2,1-3H3. The van der Waals surface area contributed by atoms with Gasteiger partial charge in [-0.3, -0.25) is 4.79 Å². The van der Waals surface area contributed by atoms with Gasteiger partial charge in [0.05, 0.1) is 13.7 Å². The molecule has 0 unspecified atom stereocenters. The van der Waals surface area contributed by atoms with E-state index in [-0.39, 0.29) is 5.91 Å². The Kier molecular flexibility index (Phi) is 4.88. The molecule has 128 valence electrons. The lowest BCUT2D eigenvalue weighted by molar-refractivity contribution is 0.0728. The van der Waals surface area contributed by atoms with Gasteiger partial charge in [-0.25, -0.2) is 4.98 Å². The number of aromatic nitrogens is 1. The van der Waals surface area contributed by atoms with Crippen molar-refractivity contribution >= 4 is 5.91 Å². The highest BCUT2D eigenvalue weighted by Crippen LogP contribution is 2.23. The Balaban J connectivity index is 1.68. The summed E-state index contributed by atoms with van der Waals surface area (Å²) in [5, 5.41) is 0. The van der Waals surface area contributed by atoms with Crippen LogP contribution in [0.4, 0.5) is 0 Å². The molecule has 0 atom stereocenters. The first-order chi connectivity index (χ1) is 11.6. The zero-order valence-corrected chi connectivity index (χ0v) is 14.5. The van der Waals surface area contributed by atoms with Gasteiger partial charge < -0.3 is 14.1 Å². The summed E-state index contributed by atoms with van der Waals surface area (Å²) in [7, 11) is 1.62. The van der Waals surface area contributed by atoms with Crippen LogP contribution in [-0.4, -0.2) is 29.4 Å². The Morgan fingerprint density at radius 3 is 2.75 bits per heavy atom. The number of nitrogens with zero attached hydrogens (tertiary/aromatic N) is 2. The number of carbonyl (C=O) groups is 1. The van der Waals surface area contributed by atoms with Crippen molar-refractivity contribution in [1.29, 1.82) is 0 Å². The number of aryl methyl sites for hydroxylation is 1. The van der Waals surface area contributed by atoms with Crippen LogP contribution in [-0.2, 0) is 19.4 Å². The summed E-state index contributed by atoms with van der Waals surface area (Å²) in [6, 6.07) is 7.21. The Morgan fingerprint density at radius 1 is 1.33 bits per heavy atom. The van der Waals surface area contributed by atoms with Gasteiger partial charge in [0, 0.05) is 24.9 Å². The molecule has 1 aliphatic heterocycles. The van der Waals surface area contributed by atoms with E-state index in [9.17, 15) is 4.79 Å². The number of methoxy groups -OCH3 is 1. The van der Waals surface area contributed by atoms with E-state index in [1.165, 1.54) is 0 Å². The molecule has 0 N–H and O–H groups in total. The third-order valence-electron chi connectivity index (χ3n) is 4.33. The summed E-state index contributed by atoms with van der Waals surface area (Å²) in [6.07, 6.45) is 2.65. The zero-order chi connectivity index (χ0) is 17.1. The highest BCUT2D eigenvalue weighted by molar-refractivity contribution is 5.94. The van der Waals surface area contributed by atoms with E-state index in [1.54, 1.807) is 19.2 Å². The Morgan fingerprint density at radius 2 is 2.08 bits per heavy atom. The quantitative estimate of drug-likeness (QED) is 0.843. The fourth-order valence-corrected chi connectivity index (χ4v) is 2.86. The summed E-state index contributed by atoms with van der Waals surface area (Å²) in [6.45, 7) is 5.57. The summed E-state index contributed by atoms with van der Waals surface area (Å²) < 4.78 is 11.0. The number of carbonyl (C=O) groups excluding carboxylic acids is 1. The molecule has 0 fully saturated rings. The predicted molar refractivity (Wildman–Crippen MR) is 91.1 cm³/mol. The molecule has 3 rings (SSSR count).